The summed E-state index contributed by atoms with van der Waals surface area (Å²) in [6.45, 7) is 0.323. The highest BCUT2D eigenvalue weighted by Crippen LogP contribution is 2.37. The molecule has 1 aliphatic rings. The van der Waals surface area contributed by atoms with Crippen molar-refractivity contribution < 1.29 is 13.9 Å². The van der Waals surface area contributed by atoms with Crippen molar-refractivity contribution in [3.63, 3.8) is 0 Å². The first-order valence-corrected chi connectivity index (χ1v) is 12.1. The largest absolute Gasteiger partial charge is 0.488 e. The van der Waals surface area contributed by atoms with Crippen LogP contribution in [-0.2, 0) is 11.4 Å². The van der Waals surface area contributed by atoms with Crippen LogP contribution in [-0.4, -0.2) is 24.3 Å². The number of benzene rings is 3. The molecule has 0 spiro atoms. The molecular formula is C25H20BrFN2O2S2. The molecule has 4 rings (SSSR count). The van der Waals surface area contributed by atoms with Gasteiger partial charge in [0.05, 0.1) is 15.1 Å². The fraction of sp³-hybridized carbons (Fsp3) is 0.120. The zero-order chi connectivity index (χ0) is 23.5. The molecule has 0 atom stereocenters. The fourth-order valence-electron chi connectivity index (χ4n) is 3.21. The van der Waals surface area contributed by atoms with Gasteiger partial charge in [-0.2, -0.15) is 0 Å². The summed E-state index contributed by atoms with van der Waals surface area (Å²) in [5, 5.41) is 0. The van der Waals surface area contributed by atoms with E-state index in [0.29, 0.717) is 21.6 Å². The van der Waals surface area contributed by atoms with Crippen molar-refractivity contribution in [2.24, 2.45) is 0 Å². The third-order valence-electron chi connectivity index (χ3n) is 4.98. The minimum atomic E-state index is -0.278. The third kappa shape index (κ3) is 5.46. The first-order chi connectivity index (χ1) is 15.8. The Labute approximate surface area is 210 Å². The van der Waals surface area contributed by atoms with E-state index in [-0.39, 0.29) is 11.7 Å². The van der Waals surface area contributed by atoms with E-state index in [0.717, 1.165) is 27.0 Å². The van der Waals surface area contributed by atoms with Crippen LogP contribution in [0, 0.1) is 5.82 Å². The zero-order valence-corrected chi connectivity index (χ0v) is 21.1. The number of nitrogens with zero attached hydrogens (tertiary/aromatic N) is 2. The van der Waals surface area contributed by atoms with Crippen molar-refractivity contribution in [2.45, 2.75) is 6.61 Å². The number of amides is 1. The minimum absolute atomic E-state index is 0.143. The summed E-state index contributed by atoms with van der Waals surface area (Å²) in [5.74, 6) is 0.237. The van der Waals surface area contributed by atoms with Gasteiger partial charge in [-0.25, -0.2) is 4.39 Å². The van der Waals surface area contributed by atoms with Crippen LogP contribution in [0.4, 0.5) is 15.8 Å². The van der Waals surface area contributed by atoms with Crippen molar-refractivity contribution in [3.8, 4) is 5.75 Å². The Bertz CT molecular complexity index is 1230. The van der Waals surface area contributed by atoms with Gasteiger partial charge in [0.25, 0.3) is 5.91 Å². The molecule has 33 heavy (non-hydrogen) atoms. The molecule has 4 nitrogen and oxygen atoms in total. The van der Waals surface area contributed by atoms with Gasteiger partial charge in [0.1, 0.15) is 18.2 Å². The summed E-state index contributed by atoms with van der Waals surface area (Å²) in [4.78, 5) is 17.2. The Kier molecular flexibility index (Phi) is 7.17. The Hall–Kier alpha value is -2.68. The normalized spacial score (nSPS) is 14.8. The molecule has 1 fully saturated rings. The van der Waals surface area contributed by atoms with Crippen LogP contribution in [0.5, 0.6) is 5.75 Å². The lowest BCUT2D eigenvalue weighted by molar-refractivity contribution is -0.113. The second kappa shape index (κ2) is 10.1. The van der Waals surface area contributed by atoms with Gasteiger partial charge in [-0.1, -0.05) is 42.2 Å². The molecule has 3 aromatic rings. The zero-order valence-electron chi connectivity index (χ0n) is 17.9. The van der Waals surface area contributed by atoms with Gasteiger partial charge < -0.3 is 9.64 Å². The van der Waals surface area contributed by atoms with E-state index in [9.17, 15) is 9.18 Å². The van der Waals surface area contributed by atoms with Crippen LogP contribution in [0.25, 0.3) is 6.08 Å². The number of halogens is 2. The highest BCUT2D eigenvalue weighted by Gasteiger charge is 2.33. The number of hydrogen-bond donors (Lipinski definition) is 0. The topological polar surface area (TPSA) is 32.8 Å². The molecule has 1 saturated heterocycles. The number of hydrogen-bond acceptors (Lipinski definition) is 5. The summed E-state index contributed by atoms with van der Waals surface area (Å²) < 4.78 is 20.1. The lowest BCUT2D eigenvalue weighted by Crippen LogP contribution is -2.27. The van der Waals surface area contributed by atoms with Crippen LogP contribution in [0.2, 0.25) is 0 Å². The van der Waals surface area contributed by atoms with Gasteiger partial charge in [-0.3, -0.25) is 9.69 Å². The fourth-order valence-corrected chi connectivity index (χ4v) is 5.02. The lowest BCUT2D eigenvalue weighted by Gasteiger charge is -2.17. The van der Waals surface area contributed by atoms with Crippen LogP contribution >= 0.6 is 39.9 Å². The SMILES string of the molecule is CN(C)c1ccc(N2C(=O)/C(=C/c3ccc(OCc4ccc(F)cc4)c(Br)c3)SC2=S)cc1. The maximum absolute atomic E-state index is 13.1. The number of rotatable bonds is 6. The smallest absolute Gasteiger partial charge is 0.270 e. The van der Waals surface area contributed by atoms with E-state index in [4.69, 9.17) is 17.0 Å². The highest BCUT2D eigenvalue weighted by molar-refractivity contribution is 9.10. The van der Waals surface area contributed by atoms with Crippen LogP contribution in [0.15, 0.2) is 76.1 Å². The molecule has 0 radical (unpaired) electrons. The van der Waals surface area contributed by atoms with E-state index in [2.05, 4.69) is 15.9 Å². The Morgan fingerprint density at radius 2 is 1.79 bits per heavy atom. The van der Waals surface area contributed by atoms with E-state index in [1.54, 1.807) is 17.0 Å². The molecule has 1 heterocycles. The summed E-state index contributed by atoms with van der Waals surface area (Å²) in [6, 6.07) is 19.5. The van der Waals surface area contributed by atoms with Crippen molar-refractivity contribution in [1.29, 1.82) is 0 Å². The van der Waals surface area contributed by atoms with Crippen molar-refractivity contribution in [3.05, 3.63) is 93.1 Å². The maximum atomic E-state index is 13.1. The predicted octanol–water partition coefficient (Wildman–Crippen LogP) is 6.64. The molecule has 0 saturated carbocycles. The summed E-state index contributed by atoms with van der Waals surface area (Å²) >= 11 is 10.3. The van der Waals surface area contributed by atoms with E-state index >= 15 is 0 Å². The summed E-state index contributed by atoms with van der Waals surface area (Å²) in [7, 11) is 3.93. The van der Waals surface area contributed by atoms with Crippen molar-refractivity contribution in [1.82, 2.24) is 0 Å². The monoisotopic (exact) mass is 542 g/mol. The molecule has 1 amide bonds. The highest BCUT2D eigenvalue weighted by atomic mass is 79.9. The minimum Gasteiger partial charge on any atom is -0.488 e. The second-order valence-electron chi connectivity index (χ2n) is 7.53. The number of thiocarbonyl (C=S) groups is 1. The predicted molar refractivity (Wildman–Crippen MR) is 141 cm³/mol. The van der Waals surface area contributed by atoms with Crippen molar-refractivity contribution in [2.75, 3.05) is 23.9 Å². The summed E-state index contributed by atoms with van der Waals surface area (Å²) in [5.41, 5.74) is 3.51. The Morgan fingerprint density at radius 3 is 2.42 bits per heavy atom. The molecule has 8 heteroatoms. The first kappa shape index (κ1) is 23.5. The van der Waals surface area contributed by atoms with Gasteiger partial charge in [0.15, 0.2) is 4.32 Å². The average molecular weight is 543 g/mol. The summed E-state index contributed by atoms with van der Waals surface area (Å²) in [6.07, 6.45) is 1.82. The van der Waals surface area contributed by atoms with Crippen LogP contribution < -0.4 is 14.5 Å². The average Bonchev–Trinajstić information content (AvgIpc) is 3.07. The van der Waals surface area contributed by atoms with Crippen LogP contribution in [0.3, 0.4) is 0 Å². The van der Waals surface area contributed by atoms with E-state index in [1.807, 2.05) is 67.5 Å². The van der Waals surface area contributed by atoms with E-state index < -0.39 is 0 Å². The molecule has 3 aromatic carbocycles. The first-order valence-electron chi connectivity index (χ1n) is 10.0. The molecule has 0 N–H and O–H groups in total. The second-order valence-corrected chi connectivity index (χ2v) is 10.1. The molecule has 0 unspecified atom stereocenters. The number of thioether (sulfide) groups is 1. The van der Waals surface area contributed by atoms with Gasteiger partial charge in [-0.05, 0) is 81.7 Å². The molecule has 0 bridgehead atoms. The molecule has 0 aliphatic carbocycles. The maximum Gasteiger partial charge on any atom is 0.270 e. The van der Waals surface area contributed by atoms with E-state index in [1.165, 1.54) is 23.9 Å². The Morgan fingerprint density at radius 1 is 1.09 bits per heavy atom. The number of ether oxygens (including phenoxy) is 1. The third-order valence-corrected chi connectivity index (χ3v) is 6.90. The molecule has 0 aromatic heterocycles. The van der Waals surface area contributed by atoms with Gasteiger partial charge in [0.2, 0.25) is 0 Å². The van der Waals surface area contributed by atoms with Gasteiger partial charge >= 0.3 is 0 Å². The van der Waals surface area contributed by atoms with Gasteiger partial charge in [-0.15, -0.1) is 0 Å². The number of anilines is 2. The van der Waals surface area contributed by atoms with Crippen LogP contribution in [0.1, 0.15) is 11.1 Å². The molecular weight excluding hydrogens is 523 g/mol. The number of carbonyl (C=O) groups excluding carboxylic acids is 1. The van der Waals surface area contributed by atoms with Gasteiger partial charge in [0, 0.05) is 19.8 Å². The number of carbonyl (C=O) groups is 1. The lowest BCUT2D eigenvalue weighted by atomic mass is 10.2. The standard InChI is InChI=1S/C25H20BrFN2O2S2/c1-28(2)19-8-10-20(11-9-19)29-24(30)23(33-25(29)32)14-17-5-12-22(21(26)13-17)31-15-16-3-6-18(27)7-4-16/h3-14H,15H2,1-2H3/b23-14-. The molecule has 1 aliphatic heterocycles. The van der Waals surface area contributed by atoms with Crippen molar-refractivity contribution >= 4 is 67.6 Å². The molecule has 168 valence electrons. The quantitative estimate of drug-likeness (QED) is 0.257. The Balaban J connectivity index is 1.48.